The number of carbonyl (C=O) groups is 1. The fraction of sp³-hybridized carbons (Fsp3) is 0.462. The Morgan fingerprint density at radius 1 is 1.39 bits per heavy atom. The summed E-state index contributed by atoms with van der Waals surface area (Å²) in [6.45, 7) is 0. The Morgan fingerprint density at radius 2 is 2.17 bits per heavy atom. The lowest BCUT2D eigenvalue weighted by atomic mass is 10.1. The Bertz CT molecular complexity index is 450. The monoisotopic (exact) mass is 267 g/mol. The molecule has 1 aliphatic rings. The molecule has 4 nitrogen and oxygen atoms in total. The molecule has 0 aliphatic heterocycles. The van der Waals surface area contributed by atoms with Gasteiger partial charge >= 0.3 is 0 Å². The van der Waals surface area contributed by atoms with Crippen LogP contribution in [0.25, 0.3) is 0 Å². The standard InChI is InChI=1S/C13H17NO3S/c1-18-10-4-2-8(6-10)14-13(17)11-7-9(15)3-5-12(11)16/h3,5,7-8,10,15-16H,2,4,6H2,1H3,(H,14,17). The molecule has 2 atom stereocenters. The number of nitrogens with one attached hydrogen (secondary N) is 1. The van der Waals surface area contributed by atoms with Crippen molar-refractivity contribution in [2.75, 3.05) is 6.26 Å². The molecule has 5 heteroatoms. The third-order valence-corrected chi connectivity index (χ3v) is 4.37. The Morgan fingerprint density at radius 3 is 2.83 bits per heavy atom. The second-order valence-electron chi connectivity index (χ2n) is 4.54. The topological polar surface area (TPSA) is 69.6 Å². The molecule has 18 heavy (non-hydrogen) atoms. The largest absolute Gasteiger partial charge is 0.508 e. The summed E-state index contributed by atoms with van der Waals surface area (Å²) in [5, 5.41) is 22.4. The van der Waals surface area contributed by atoms with Crippen molar-refractivity contribution < 1.29 is 15.0 Å². The van der Waals surface area contributed by atoms with E-state index in [1.165, 1.54) is 18.2 Å². The molecule has 1 aromatic carbocycles. The molecule has 0 spiro atoms. The summed E-state index contributed by atoms with van der Waals surface area (Å²) >= 11 is 1.82. The van der Waals surface area contributed by atoms with Crippen molar-refractivity contribution in [1.82, 2.24) is 5.32 Å². The van der Waals surface area contributed by atoms with Crippen molar-refractivity contribution in [3.8, 4) is 11.5 Å². The van der Waals surface area contributed by atoms with Crippen LogP contribution in [0.2, 0.25) is 0 Å². The minimum absolute atomic E-state index is 0.0219. The smallest absolute Gasteiger partial charge is 0.255 e. The fourth-order valence-corrected chi connectivity index (χ4v) is 3.05. The Hall–Kier alpha value is -1.36. The molecular weight excluding hydrogens is 250 g/mol. The molecule has 1 saturated carbocycles. The summed E-state index contributed by atoms with van der Waals surface area (Å²) in [4.78, 5) is 12.0. The average Bonchev–Trinajstić information content (AvgIpc) is 2.80. The van der Waals surface area contributed by atoms with Gasteiger partial charge in [-0.3, -0.25) is 4.79 Å². The minimum atomic E-state index is -0.324. The molecule has 3 N–H and O–H groups in total. The number of carbonyl (C=O) groups excluding carboxylic acids is 1. The van der Waals surface area contributed by atoms with Crippen LogP contribution in [0.3, 0.4) is 0 Å². The molecule has 1 aliphatic carbocycles. The maximum absolute atomic E-state index is 12.0. The van der Waals surface area contributed by atoms with Crippen molar-refractivity contribution >= 4 is 17.7 Å². The number of hydrogen-bond acceptors (Lipinski definition) is 4. The van der Waals surface area contributed by atoms with E-state index < -0.39 is 0 Å². The lowest BCUT2D eigenvalue weighted by Crippen LogP contribution is -2.33. The van der Waals surface area contributed by atoms with Crippen LogP contribution in [0.4, 0.5) is 0 Å². The molecule has 0 aromatic heterocycles. The van der Waals surface area contributed by atoms with Crippen LogP contribution in [0.15, 0.2) is 18.2 Å². The quantitative estimate of drug-likeness (QED) is 0.734. The van der Waals surface area contributed by atoms with Crippen LogP contribution >= 0.6 is 11.8 Å². The SMILES string of the molecule is CSC1CCC(NC(=O)c2cc(O)ccc2O)C1. The van der Waals surface area contributed by atoms with Crippen LogP contribution in [0.5, 0.6) is 11.5 Å². The molecule has 2 unspecified atom stereocenters. The molecule has 0 heterocycles. The molecule has 2 rings (SSSR count). The Labute approximate surface area is 110 Å². The van der Waals surface area contributed by atoms with Gasteiger partial charge in [0.15, 0.2) is 0 Å². The van der Waals surface area contributed by atoms with Gasteiger partial charge in [-0.2, -0.15) is 11.8 Å². The van der Waals surface area contributed by atoms with Crippen LogP contribution in [0.1, 0.15) is 29.6 Å². The van der Waals surface area contributed by atoms with E-state index >= 15 is 0 Å². The van der Waals surface area contributed by atoms with E-state index in [0.29, 0.717) is 5.25 Å². The number of rotatable bonds is 3. The number of hydrogen-bond donors (Lipinski definition) is 3. The zero-order valence-electron chi connectivity index (χ0n) is 10.2. The summed E-state index contributed by atoms with van der Waals surface area (Å²) in [7, 11) is 0. The third-order valence-electron chi connectivity index (χ3n) is 3.28. The highest BCUT2D eigenvalue weighted by molar-refractivity contribution is 7.99. The molecule has 1 aromatic rings. The van der Waals surface area contributed by atoms with Crippen molar-refractivity contribution in [3.05, 3.63) is 23.8 Å². The molecule has 98 valence electrons. The normalized spacial score (nSPS) is 22.9. The van der Waals surface area contributed by atoms with Gasteiger partial charge in [0.05, 0.1) is 5.56 Å². The first kappa shape index (κ1) is 13.1. The van der Waals surface area contributed by atoms with E-state index in [1.54, 1.807) is 0 Å². The number of thioether (sulfide) groups is 1. The van der Waals surface area contributed by atoms with Crippen LogP contribution < -0.4 is 5.32 Å². The van der Waals surface area contributed by atoms with E-state index in [1.807, 2.05) is 11.8 Å². The van der Waals surface area contributed by atoms with Gasteiger partial charge in [0.25, 0.3) is 5.91 Å². The first-order valence-electron chi connectivity index (χ1n) is 5.95. The number of benzene rings is 1. The van der Waals surface area contributed by atoms with Gasteiger partial charge in [-0.25, -0.2) is 0 Å². The molecule has 0 bridgehead atoms. The summed E-state index contributed by atoms with van der Waals surface area (Å²) in [5.74, 6) is -0.453. The van der Waals surface area contributed by atoms with Crippen LogP contribution in [-0.4, -0.2) is 33.7 Å². The molecule has 0 radical (unpaired) electrons. The number of phenols is 2. The zero-order valence-corrected chi connectivity index (χ0v) is 11.0. The summed E-state index contributed by atoms with van der Waals surface area (Å²) in [6.07, 6.45) is 5.12. The molecule has 1 amide bonds. The van der Waals surface area contributed by atoms with E-state index in [-0.39, 0.29) is 29.0 Å². The summed E-state index contributed by atoms with van der Waals surface area (Å²) < 4.78 is 0. The zero-order chi connectivity index (χ0) is 13.1. The van der Waals surface area contributed by atoms with Gasteiger partial charge in [-0.1, -0.05) is 0 Å². The highest BCUT2D eigenvalue weighted by Gasteiger charge is 2.26. The molecular formula is C13H17NO3S. The van der Waals surface area contributed by atoms with Crippen LogP contribution in [0, 0.1) is 0 Å². The van der Waals surface area contributed by atoms with Gasteiger partial charge in [0.1, 0.15) is 11.5 Å². The van der Waals surface area contributed by atoms with Crippen molar-refractivity contribution in [2.24, 2.45) is 0 Å². The maximum Gasteiger partial charge on any atom is 0.255 e. The van der Waals surface area contributed by atoms with E-state index in [0.717, 1.165) is 19.3 Å². The second kappa shape index (κ2) is 5.52. The maximum atomic E-state index is 12.0. The van der Waals surface area contributed by atoms with Gasteiger partial charge in [0.2, 0.25) is 0 Å². The second-order valence-corrected chi connectivity index (χ2v) is 5.68. The first-order valence-corrected chi connectivity index (χ1v) is 7.24. The first-order chi connectivity index (χ1) is 8.60. The van der Waals surface area contributed by atoms with Gasteiger partial charge in [-0.05, 0) is 43.7 Å². The van der Waals surface area contributed by atoms with E-state index in [9.17, 15) is 15.0 Å². The van der Waals surface area contributed by atoms with E-state index in [4.69, 9.17) is 0 Å². The summed E-state index contributed by atoms with van der Waals surface area (Å²) in [5.41, 5.74) is 0.127. The Balaban J connectivity index is 2.02. The lowest BCUT2D eigenvalue weighted by molar-refractivity contribution is 0.0935. The lowest BCUT2D eigenvalue weighted by Gasteiger charge is -2.13. The van der Waals surface area contributed by atoms with Crippen molar-refractivity contribution in [3.63, 3.8) is 0 Å². The Kier molecular flexibility index (Phi) is 4.01. The fourth-order valence-electron chi connectivity index (χ4n) is 2.25. The number of amides is 1. The summed E-state index contributed by atoms with van der Waals surface area (Å²) in [6, 6.07) is 4.12. The highest BCUT2D eigenvalue weighted by Crippen LogP contribution is 2.29. The van der Waals surface area contributed by atoms with Gasteiger partial charge in [0, 0.05) is 11.3 Å². The number of aromatic hydroxyl groups is 2. The molecule has 0 saturated heterocycles. The minimum Gasteiger partial charge on any atom is -0.508 e. The van der Waals surface area contributed by atoms with Gasteiger partial charge < -0.3 is 15.5 Å². The third kappa shape index (κ3) is 2.90. The predicted octanol–water partition coefficient (Wildman–Crippen LogP) is 2.11. The van der Waals surface area contributed by atoms with E-state index in [2.05, 4.69) is 11.6 Å². The highest BCUT2D eigenvalue weighted by atomic mass is 32.2. The van der Waals surface area contributed by atoms with Crippen molar-refractivity contribution in [2.45, 2.75) is 30.6 Å². The average molecular weight is 267 g/mol. The van der Waals surface area contributed by atoms with Crippen molar-refractivity contribution in [1.29, 1.82) is 0 Å². The molecule has 1 fully saturated rings. The predicted molar refractivity (Wildman–Crippen MR) is 72.2 cm³/mol. The van der Waals surface area contributed by atoms with Crippen LogP contribution in [-0.2, 0) is 0 Å². The number of phenolic OH excluding ortho intramolecular Hbond substituents is 2. The van der Waals surface area contributed by atoms with Gasteiger partial charge in [-0.15, -0.1) is 0 Å².